The maximum Gasteiger partial charge on any atom is 0.124 e. The van der Waals surface area contributed by atoms with E-state index in [0.717, 1.165) is 6.42 Å². The molecule has 3 atom stereocenters. The minimum Gasteiger partial charge on any atom is -0.507 e. The van der Waals surface area contributed by atoms with Gasteiger partial charge < -0.3 is 20.7 Å². The summed E-state index contributed by atoms with van der Waals surface area (Å²) in [5.41, 5.74) is 6.50. The van der Waals surface area contributed by atoms with Crippen LogP contribution in [0.1, 0.15) is 31.9 Å². The van der Waals surface area contributed by atoms with Crippen LogP contribution in [0.3, 0.4) is 0 Å². The minimum atomic E-state index is -0.667. The van der Waals surface area contributed by atoms with E-state index in [4.69, 9.17) is 10.5 Å². The van der Waals surface area contributed by atoms with Gasteiger partial charge in [0.05, 0.1) is 19.3 Å². The standard InChI is InChI=1S/C13H21NO3/c1-4-8(2)13(16)12(14)10-6-5-9(17-3)7-11(10)15/h5-8,12-13,15-16H,4,14H2,1-3H3/t8?,12-,13+/m1/s1. The molecule has 0 amide bonds. The van der Waals surface area contributed by atoms with Crippen molar-refractivity contribution >= 4 is 0 Å². The highest BCUT2D eigenvalue weighted by molar-refractivity contribution is 5.41. The first-order valence-corrected chi connectivity index (χ1v) is 5.81. The number of methoxy groups -OCH3 is 1. The van der Waals surface area contributed by atoms with Crippen LogP contribution in [0.25, 0.3) is 0 Å². The van der Waals surface area contributed by atoms with Gasteiger partial charge in [-0.05, 0) is 18.1 Å². The zero-order valence-electron chi connectivity index (χ0n) is 10.6. The Labute approximate surface area is 102 Å². The molecule has 96 valence electrons. The van der Waals surface area contributed by atoms with Crippen molar-refractivity contribution in [3.8, 4) is 11.5 Å². The van der Waals surface area contributed by atoms with Crippen molar-refractivity contribution < 1.29 is 14.9 Å². The van der Waals surface area contributed by atoms with Crippen LogP contribution in [-0.4, -0.2) is 23.4 Å². The fourth-order valence-corrected chi connectivity index (χ4v) is 1.71. The van der Waals surface area contributed by atoms with E-state index in [1.54, 1.807) is 12.1 Å². The molecule has 0 saturated heterocycles. The Morgan fingerprint density at radius 3 is 2.53 bits per heavy atom. The van der Waals surface area contributed by atoms with E-state index in [9.17, 15) is 10.2 Å². The fraction of sp³-hybridized carbons (Fsp3) is 0.538. The summed E-state index contributed by atoms with van der Waals surface area (Å²) in [4.78, 5) is 0. The zero-order chi connectivity index (χ0) is 13.0. The molecule has 4 heteroatoms. The molecule has 0 aromatic heterocycles. The molecule has 17 heavy (non-hydrogen) atoms. The van der Waals surface area contributed by atoms with Crippen molar-refractivity contribution in [3.63, 3.8) is 0 Å². The fourth-order valence-electron chi connectivity index (χ4n) is 1.71. The van der Waals surface area contributed by atoms with Crippen LogP contribution in [0.15, 0.2) is 18.2 Å². The molecule has 0 bridgehead atoms. The van der Waals surface area contributed by atoms with Crippen molar-refractivity contribution in [1.29, 1.82) is 0 Å². The van der Waals surface area contributed by atoms with Crippen molar-refractivity contribution in [2.45, 2.75) is 32.4 Å². The van der Waals surface area contributed by atoms with Crippen molar-refractivity contribution in [1.82, 2.24) is 0 Å². The number of rotatable bonds is 5. The van der Waals surface area contributed by atoms with E-state index < -0.39 is 12.1 Å². The van der Waals surface area contributed by atoms with Gasteiger partial charge >= 0.3 is 0 Å². The van der Waals surface area contributed by atoms with Crippen LogP contribution in [0.2, 0.25) is 0 Å². The van der Waals surface area contributed by atoms with Crippen molar-refractivity contribution in [2.24, 2.45) is 11.7 Å². The van der Waals surface area contributed by atoms with Gasteiger partial charge in [0.15, 0.2) is 0 Å². The normalized spacial score (nSPS) is 16.3. The number of phenols is 1. The van der Waals surface area contributed by atoms with Crippen LogP contribution >= 0.6 is 0 Å². The lowest BCUT2D eigenvalue weighted by Gasteiger charge is -2.24. The molecule has 1 rings (SSSR count). The van der Waals surface area contributed by atoms with Crippen molar-refractivity contribution in [2.75, 3.05) is 7.11 Å². The van der Waals surface area contributed by atoms with E-state index in [0.29, 0.717) is 11.3 Å². The SMILES string of the molecule is CCC(C)[C@H](O)[C@H](N)c1ccc(OC)cc1O. The van der Waals surface area contributed by atoms with E-state index in [1.165, 1.54) is 13.2 Å². The summed E-state index contributed by atoms with van der Waals surface area (Å²) in [5, 5.41) is 19.8. The first kappa shape index (κ1) is 13.8. The third-order valence-corrected chi connectivity index (χ3v) is 3.19. The average molecular weight is 239 g/mol. The molecule has 0 fully saturated rings. The lowest BCUT2D eigenvalue weighted by molar-refractivity contribution is 0.0871. The maximum absolute atomic E-state index is 10.0. The number of aromatic hydroxyl groups is 1. The Morgan fingerprint density at radius 2 is 2.06 bits per heavy atom. The minimum absolute atomic E-state index is 0.0548. The Balaban J connectivity index is 2.92. The number of hydrogen-bond donors (Lipinski definition) is 3. The zero-order valence-corrected chi connectivity index (χ0v) is 10.6. The molecule has 0 aliphatic carbocycles. The summed E-state index contributed by atoms with van der Waals surface area (Å²) < 4.78 is 5.00. The molecule has 1 aromatic rings. The maximum atomic E-state index is 10.0. The number of aliphatic hydroxyl groups is 1. The first-order chi connectivity index (χ1) is 8.01. The van der Waals surface area contributed by atoms with Crippen LogP contribution in [-0.2, 0) is 0 Å². The monoisotopic (exact) mass is 239 g/mol. The lowest BCUT2D eigenvalue weighted by atomic mass is 9.91. The number of phenolic OH excluding ortho intramolecular Hbond substituents is 1. The highest BCUT2D eigenvalue weighted by Gasteiger charge is 2.24. The summed E-state index contributed by atoms with van der Waals surface area (Å²) in [6, 6.07) is 4.32. The van der Waals surface area contributed by atoms with E-state index in [1.807, 2.05) is 13.8 Å². The Bertz CT molecular complexity index is 368. The number of hydrogen-bond acceptors (Lipinski definition) is 4. The Kier molecular flexibility index (Phi) is 4.78. The van der Waals surface area contributed by atoms with Gasteiger partial charge in [-0.2, -0.15) is 0 Å². The molecular formula is C13H21NO3. The molecule has 0 heterocycles. The number of aliphatic hydroxyl groups excluding tert-OH is 1. The molecule has 0 saturated carbocycles. The van der Waals surface area contributed by atoms with Gasteiger partial charge in [-0.25, -0.2) is 0 Å². The molecule has 4 nitrogen and oxygen atoms in total. The second-order valence-corrected chi connectivity index (χ2v) is 4.33. The second kappa shape index (κ2) is 5.89. The van der Waals surface area contributed by atoms with Gasteiger partial charge in [0.1, 0.15) is 11.5 Å². The smallest absolute Gasteiger partial charge is 0.124 e. The number of nitrogens with two attached hydrogens (primary N) is 1. The topological polar surface area (TPSA) is 75.7 Å². The highest BCUT2D eigenvalue weighted by atomic mass is 16.5. The van der Waals surface area contributed by atoms with Gasteiger partial charge in [0.2, 0.25) is 0 Å². The molecular weight excluding hydrogens is 218 g/mol. The van der Waals surface area contributed by atoms with Crippen LogP contribution in [0.5, 0.6) is 11.5 Å². The Hall–Kier alpha value is -1.26. The van der Waals surface area contributed by atoms with Crippen LogP contribution in [0.4, 0.5) is 0 Å². The van der Waals surface area contributed by atoms with E-state index in [-0.39, 0.29) is 11.7 Å². The summed E-state index contributed by atoms with van der Waals surface area (Å²) in [6.07, 6.45) is 0.172. The third-order valence-electron chi connectivity index (χ3n) is 3.19. The van der Waals surface area contributed by atoms with Crippen molar-refractivity contribution in [3.05, 3.63) is 23.8 Å². The summed E-state index contributed by atoms with van der Waals surface area (Å²) in [7, 11) is 1.53. The molecule has 1 unspecified atom stereocenters. The lowest BCUT2D eigenvalue weighted by Crippen LogP contribution is -2.31. The molecule has 1 aromatic carbocycles. The van der Waals surface area contributed by atoms with Crippen LogP contribution < -0.4 is 10.5 Å². The first-order valence-electron chi connectivity index (χ1n) is 5.81. The summed E-state index contributed by atoms with van der Waals surface area (Å²) in [6.45, 7) is 3.93. The van der Waals surface area contributed by atoms with Gasteiger partial charge in [0.25, 0.3) is 0 Å². The molecule has 0 radical (unpaired) electrons. The van der Waals surface area contributed by atoms with Crippen LogP contribution in [0, 0.1) is 5.92 Å². The van der Waals surface area contributed by atoms with Gasteiger partial charge in [-0.3, -0.25) is 0 Å². The predicted octanol–water partition coefficient (Wildman–Crippen LogP) is 1.81. The average Bonchev–Trinajstić information content (AvgIpc) is 2.35. The molecule has 0 aliphatic rings. The van der Waals surface area contributed by atoms with E-state index in [2.05, 4.69) is 0 Å². The Morgan fingerprint density at radius 1 is 1.41 bits per heavy atom. The quantitative estimate of drug-likeness (QED) is 0.732. The second-order valence-electron chi connectivity index (χ2n) is 4.33. The highest BCUT2D eigenvalue weighted by Crippen LogP contribution is 2.31. The van der Waals surface area contributed by atoms with Gasteiger partial charge in [-0.1, -0.05) is 20.3 Å². The van der Waals surface area contributed by atoms with E-state index >= 15 is 0 Å². The number of benzene rings is 1. The molecule has 0 aliphatic heterocycles. The van der Waals surface area contributed by atoms with Gasteiger partial charge in [0, 0.05) is 11.6 Å². The third kappa shape index (κ3) is 3.11. The molecule has 0 spiro atoms. The summed E-state index contributed by atoms with van der Waals surface area (Å²) in [5.74, 6) is 0.710. The largest absolute Gasteiger partial charge is 0.507 e. The van der Waals surface area contributed by atoms with Gasteiger partial charge in [-0.15, -0.1) is 0 Å². The predicted molar refractivity (Wildman–Crippen MR) is 67.0 cm³/mol. The number of ether oxygens (including phenoxy) is 1. The summed E-state index contributed by atoms with van der Waals surface area (Å²) >= 11 is 0. The molecule has 4 N–H and O–H groups in total.